The minimum Gasteiger partial charge on any atom is -0.303 e. The van der Waals surface area contributed by atoms with Crippen molar-refractivity contribution in [3.63, 3.8) is 0 Å². The van der Waals surface area contributed by atoms with E-state index in [9.17, 15) is 14.4 Å². The summed E-state index contributed by atoms with van der Waals surface area (Å²) in [7, 11) is 0. The Balaban J connectivity index is 3.65. The van der Waals surface area contributed by atoms with E-state index in [1.807, 2.05) is 0 Å². The van der Waals surface area contributed by atoms with Gasteiger partial charge in [-0.25, -0.2) is 0 Å². The van der Waals surface area contributed by atoms with E-state index in [1.165, 1.54) is 6.08 Å². The van der Waals surface area contributed by atoms with Crippen molar-refractivity contribution in [3.8, 4) is 0 Å². The lowest BCUT2D eigenvalue weighted by atomic mass is 10.1. The lowest BCUT2D eigenvalue weighted by Gasteiger charge is -1.91. The van der Waals surface area contributed by atoms with Gasteiger partial charge in [-0.1, -0.05) is 6.08 Å². The van der Waals surface area contributed by atoms with E-state index in [2.05, 4.69) is 6.58 Å². The van der Waals surface area contributed by atoms with Gasteiger partial charge in [-0.3, -0.25) is 9.59 Å². The highest BCUT2D eigenvalue weighted by atomic mass is 16.2. The molecule has 0 aliphatic carbocycles. The Hall–Kier alpha value is -1.25. The van der Waals surface area contributed by atoms with Crippen LogP contribution in [-0.2, 0) is 14.4 Å². The molecular formula is C8H10O3. The van der Waals surface area contributed by atoms with Crippen molar-refractivity contribution in [2.75, 3.05) is 0 Å². The Morgan fingerprint density at radius 2 is 1.73 bits per heavy atom. The first-order valence-corrected chi connectivity index (χ1v) is 3.28. The van der Waals surface area contributed by atoms with E-state index in [-0.39, 0.29) is 30.8 Å². The highest BCUT2D eigenvalue weighted by Crippen LogP contribution is 1.93. The van der Waals surface area contributed by atoms with Crippen LogP contribution in [0.1, 0.15) is 19.3 Å². The molecule has 0 atom stereocenters. The number of ketones is 2. The zero-order valence-electron chi connectivity index (χ0n) is 6.21. The second-order valence-electron chi connectivity index (χ2n) is 2.12. The number of allylic oxidation sites excluding steroid dienone is 1. The molecule has 0 bridgehead atoms. The first-order chi connectivity index (χ1) is 5.20. The molecule has 0 saturated carbocycles. The van der Waals surface area contributed by atoms with Gasteiger partial charge in [0.25, 0.3) is 0 Å². The summed E-state index contributed by atoms with van der Waals surface area (Å²) >= 11 is 0. The van der Waals surface area contributed by atoms with Gasteiger partial charge in [-0.05, 0) is 0 Å². The molecule has 0 aromatic rings. The van der Waals surface area contributed by atoms with Crippen LogP contribution < -0.4 is 0 Å². The SMILES string of the molecule is C=CCC(=O)CC(=O)CC=O. The zero-order chi connectivity index (χ0) is 8.69. The first kappa shape index (κ1) is 9.75. The Bertz CT molecular complexity index is 162. The first-order valence-electron chi connectivity index (χ1n) is 3.28. The maximum Gasteiger partial charge on any atom is 0.147 e. The molecule has 0 radical (unpaired) electrons. The monoisotopic (exact) mass is 154 g/mol. The summed E-state index contributed by atoms with van der Waals surface area (Å²) < 4.78 is 0. The number of carbonyl (C=O) groups is 3. The third kappa shape index (κ3) is 5.21. The quantitative estimate of drug-likeness (QED) is 0.321. The molecule has 0 fully saturated rings. The highest BCUT2D eigenvalue weighted by molar-refractivity contribution is 6.03. The van der Waals surface area contributed by atoms with Gasteiger partial charge in [0.2, 0.25) is 0 Å². The predicted molar refractivity (Wildman–Crippen MR) is 40.1 cm³/mol. The molecule has 3 nitrogen and oxygen atoms in total. The third-order valence-electron chi connectivity index (χ3n) is 1.08. The summed E-state index contributed by atoms with van der Waals surface area (Å²) in [6, 6.07) is 0. The molecule has 0 aliphatic rings. The van der Waals surface area contributed by atoms with Gasteiger partial charge in [-0.15, -0.1) is 6.58 Å². The molecule has 0 amide bonds. The number of carbonyl (C=O) groups excluding carboxylic acids is 3. The van der Waals surface area contributed by atoms with Crippen LogP contribution in [0.2, 0.25) is 0 Å². The Morgan fingerprint density at radius 1 is 1.18 bits per heavy atom. The molecule has 60 valence electrons. The van der Waals surface area contributed by atoms with Gasteiger partial charge in [0, 0.05) is 6.42 Å². The zero-order valence-corrected chi connectivity index (χ0v) is 6.21. The average molecular weight is 154 g/mol. The topological polar surface area (TPSA) is 51.2 Å². The van der Waals surface area contributed by atoms with Gasteiger partial charge in [0.15, 0.2) is 0 Å². The largest absolute Gasteiger partial charge is 0.303 e. The fourth-order valence-electron chi connectivity index (χ4n) is 0.618. The van der Waals surface area contributed by atoms with E-state index in [0.717, 1.165) is 0 Å². The van der Waals surface area contributed by atoms with Crippen LogP contribution >= 0.6 is 0 Å². The molecule has 0 unspecified atom stereocenters. The van der Waals surface area contributed by atoms with E-state index in [4.69, 9.17) is 0 Å². The van der Waals surface area contributed by atoms with Crippen molar-refractivity contribution in [2.24, 2.45) is 0 Å². The summed E-state index contributed by atoms with van der Waals surface area (Å²) in [6.07, 6.45) is 1.83. The van der Waals surface area contributed by atoms with Crippen LogP contribution in [0.25, 0.3) is 0 Å². The second kappa shape index (κ2) is 5.53. The number of rotatable bonds is 6. The van der Waals surface area contributed by atoms with Crippen LogP contribution in [0.5, 0.6) is 0 Å². The van der Waals surface area contributed by atoms with Crippen molar-refractivity contribution >= 4 is 17.9 Å². The predicted octanol–water partition coefficient (Wildman–Crippen LogP) is 0.680. The fourth-order valence-corrected chi connectivity index (χ4v) is 0.618. The third-order valence-corrected chi connectivity index (χ3v) is 1.08. The Kier molecular flexibility index (Phi) is 4.90. The smallest absolute Gasteiger partial charge is 0.147 e. The second-order valence-corrected chi connectivity index (χ2v) is 2.12. The molecule has 0 aromatic carbocycles. The van der Waals surface area contributed by atoms with E-state index < -0.39 is 0 Å². The number of hydrogen-bond donors (Lipinski definition) is 0. The van der Waals surface area contributed by atoms with E-state index >= 15 is 0 Å². The molecule has 3 heteroatoms. The summed E-state index contributed by atoms with van der Waals surface area (Å²) in [5.74, 6) is -0.515. The number of Topliss-reactive ketones (excluding diaryl/α,β-unsaturated/α-hetero) is 2. The summed E-state index contributed by atoms with van der Waals surface area (Å²) in [5.41, 5.74) is 0. The van der Waals surface area contributed by atoms with Crippen molar-refractivity contribution < 1.29 is 14.4 Å². The standard InChI is InChI=1S/C8H10O3/c1-2-3-7(10)6-8(11)4-5-9/h2,5H,1,3-4,6H2. The van der Waals surface area contributed by atoms with Gasteiger partial charge in [0.05, 0.1) is 12.8 Å². The minimum atomic E-state index is -0.327. The van der Waals surface area contributed by atoms with E-state index in [1.54, 1.807) is 0 Å². The lowest BCUT2D eigenvalue weighted by molar-refractivity contribution is -0.127. The normalized spacial score (nSPS) is 8.73. The average Bonchev–Trinajstić information content (AvgIpc) is 1.87. The lowest BCUT2D eigenvalue weighted by Crippen LogP contribution is -2.06. The van der Waals surface area contributed by atoms with Crippen LogP contribution in [-0.4, -0.2) is 17.9 Å². The van der Waals surface area contributed by atoms with E-state index in [0.29, 0.717) is 6.29 Å². The van der Waals surface area contributed by atoms with Gasteiger partial charge >= 0.3 is 0 Å². The molecule has 0 heterocycles. The summed E-state index contributed by atoms with van der Waals surface area (Å²) in [6.45, 7) is 3.35. The molecule has 11 heavy (non-hydrogen) atoms. The van der Waals surface area contributed by atoms with Crippen molar-refractivity contribution in [3.05, 3.63) is 12.7 Å². The molecular weight excluding hydrogens is 144 g/mol. The maximum absolute atomic E-state index is 10.7. The van der Waals surface area contributed by atoms with Crippen LogP contribution in [0.15, 0.2) is 12.7 Å². The molecule has 0 aliphatic heterocycles. The van der Waals surface area contributed by atoms with Crippen LogP contribution in [0.3, 0.4) is 0 Å². The maximum atomic E-state index is 10.7. The van der Waals surface area contributed by atoms with Gasteiger partial charge in [0.1, 0.15) is 17.9 Å². The van der Waals surface area contributed by atoms with Gasteiger partial charge < -0.3 is 4.79 Å². The minimum absolute atomic E-state index is 0.148. The molecule has 0 saturated heterocycles. The molecule has 0 N–H and O–H groups in total. The molecule has 0 rings (SSSR count). The van der Waals surface area contributed by atoms with Crippen molar-refractivity contribution in [1.82, 2.24) is 0 Å². The molecule has 0 aromatic heterocycles. The highest BCUT2D eigenvalue weighted by Gasteiger charge is 2.06. The van der Waals surface area contributed by atoms with Crippen LogP contribution in [0.4, 0.5) is 0 Å². The molecule has 0 spiro atoms. The summed E-state index contributed by atoms with van der Waals surface area (Å²) in [4.78, 5) is 31.2. The summed E-state index contributed by atoms with van der Waals surface area (Å²) in [5, 5.41) is 0. The van der Waals surface area contributed by atoms with Gasteiger partial charge in [-0.2, -0.15) is 0 Å². The number of aldehydes is 1. The van der Waals surface area contributed by atoms with Crippen molar-refractivity contribution in [2.45, 2.75) is 19.3 Å². The van der Waals surface area contributed by atoms with Crippen molar-refractivity contribution in [1.29, 1.82) is 0 Å². The Morgan fingerprint density at radius 3 is 2.18 bits per heavy atom. The Labute approximate surface area is 65.1 Å². The van der Waals surface area contributed by atoms with Crippen LogP contribution in [0, 0.1) is 0 Å². The number of hydrogen-bond acceptors (Lipinski definition) is 3. The fraction of sp³-hybridized carbons (Fsp3) is 0.375.